The first kappa shape index (κ1) is 13.6. The van der Waals surface area contributed by atoms with Gasteiger partial charge in [0.1, 0.15) is 11.6 Å². The largest absolute Gasteiger partial charge is 0.481 e. The fraction of sp³-hybridized carbons (Fsp3) is 0.300. The molecule has 0 saturated carbocycles. The van der Waals surface area contributed by atoms with Gasteiger partial charge in [0, 0.05) is 11.1 Å². The van der Waals surface area contributed by atoms with Crippen LogP contribution in [0.4, 0.5) is 13.2 Å². The molecule has 0 atom stereocenters. The van der Waals surface area contributed by atoms with Crippen molar-refractivity contribution in [2.45, 2.75) is 18.9 Å². The van der Waals surface area contributed by atoms with Crippen LogP contribution in [-0.2, 0) is 17.1 Å². The Morgan fingerprint density at radius 3 is 2.53 bits per heavy atom. The number of carboxylic acid groups (broad SMARTS) is 1. The van der Waals surface area contributed by atoms with E-state index in [-0.39, 0.29) is 22.8 Å². The number of hydrogen-bond acceptors (Lipinski definition) is 2. The minimum absolute atomic E-state index is 0.0311. The molecule has 0 fully saturated rings. The van der Waals surface area contributed by atoms with E-state index in [1.807, 2.05) is 0 Å². The topological polar surface area (TPSA) is 46.5 Å². The Balaban J connectivity index is 3.15. The van der Waals surface area contributed by atoms with Crippen molar-refractivity contribution in [2.75, 3.05) is 0 Å². The molecule has 0 heterocycles. The summed E-state index contributed by atoms with van der Waals surface area (Å²) in [6.45, 7) is -3.11. The molecule has 7 heteroatoms. The van der Waals surface area contributed by atoms with Crippen molar-refractivity contribution < 1.29 is 27.8 Å². The van der Waals surface area contributed by atoms with Crippen molar-refractivity contribution in [3.63, 3.8) is 0 Å². The third-order valence-electron chi connectivity index (χ3n) is 1.93. The van der Waals surface area contributed by atoms with E-state index in [9.17, 15) is 18.0 Å². The van der Waals surface area contributed by atoms with Crippen molar-refractivity contribution in [3.05, 3.63) is 29.1 Å². The zero-order valence-electron chi connectivity index (χ0n) is 8.42. The van der Waals surface area contributed by atoms with Gasteiger partial charge in [-0.25, -0.2) is 4.39 Å². The van der Waals surface area contributed by atoms with Gasteiger partial charge in [0.25, 0.3) is 0 Å². The Morgan fingerprint density at radius 2 is 2.06 bits per heavy atom. The van der Waals surface area contributed by atoms with E-state index >= 15 is 0 Å². The van der Waals surface area contributed by atoms with Crippen LogP contribution >= 0.6 is 11.6 Å². The Hall–Kier alpha value is -1.43. The van der Waals surface area contributed by atoms with Crippen LogP contribution in [0.25, 0.3) is 0 Å². The summed E-state index contributed by atoms with van der Waals surface area (Å²) in [6, 6.07) is 1.82. The molecule has 0 aliphatic rings. The number of carbonyl (C=O) groups is 1. The van der Waals surface area contributed by atoms with E-state index in [0.29, 0.717) is 0 Å². The normalized spacial score (nSPS) is 10.6. The summed E-state index contributed by atoms with van der Waals surface area (Å²) in [5, 5.41) is 8.55. The van der Waals surface area contributed by atoms with Crippen LogP contribution in [0, 0.1) is 5.82 Å². The zero-order chi connectivity index (χ0) is 13.0. The van der Waals surface area contributed by atoms with Crippen molar-refractivity contribution >= 4 is 17.6 Å². The number of benzene rings is 1. The number of aliphatic carboxylic acids is 1. The minimum atomic E-state index is -3.11. The summed E-state index contributed by atoms with van der Waals surface area (Å²) in [7, 11) is 0. The Labute approximate surface area is 99.8 Å². The third-order valence-corrected chi connectivity index (χ3v) is 2.22. The monoisotopic (exact) mass is 268 g/mol. The molecule has 0 spiro atoms. The average Bonchev–Trinajstić information content (AvgIpc) is 2.20. The molecular formula is C10H8ClF3O3. The molecule has 94 valence electrons. The number of ether oxygens (including phenoxy) is 1. The molecule has 0 aromatic heterocycles. The molecule has 0 saturated heterocycles. The Bertz CT molecular complexity index is 424. The molecular weight excluding hydrogens is 261 g/mol. The quantitative estimate of drug-likeness (QED) is 0.835. The number of carboxylic acids is 1. The first-order valence-electron chi connectivity index (χ1n) is 4.48. The van der Waals surface area contributed by atoms with E-state index in [2.05, 4.69) is 4.74 Å². The molecule has 1 N–H and O–H groups in total. The molecule has 0 aliphatic carbocycles. The molecule has 3 nitrogen and oxygen atoms in total. The maximum Gasteiger partial charge on any atom is 0.387 e. The summed E-state index contributed by atoms with van der Waals surface area (Å²) >= 11 is 5.40. The van der Waals surface area contributed by atoms with Crippen LogP contribution in [-0.4, -0.2) is 17.7 Å². The van der Waals surface area contributed by atoms with Crippen LogP contribution in [0.2, 0.25) is 0 Å². The van der Waals surface area contributed by atoms with Crippen LogP contribution < -0.4 is 4.74 Å². The van der Waals surface area contributed by atoms with E-state index in [1.165, 1.54) is 0 Å². The van der Waals surface area contributed by atoms with E-state index in [4.69, 9.17) is 16.7 Å². The molecule has 0 radical (unpaired) electrons. The van der Waals surface area contributed by atoms with Gasteiger partial charge in [-0.15, -0.1) is 11.6 Å². The maximum absolute atomic E-state index is 13.3. The molecule has 0 aliphatic heterocycles. The number of alkyl halides is 3. The van der Waals surface area contributed by atoms with E-state index < -0.39 is 24.8 Å². The first-order valence-corrected chi connectivity index (χ1v) is 5.01. The number of halogens is 4. The van der Waals surface area contributed by atoms with Gasteiger partial charge >= 0.3 is 12.6 Å². The van der Waals surface area contributed by atoms with Crippen LogP contribution in [0.15, 0.2) is 12.1 Å². The van der Waals surface area contributed by atoms with Gasteiger partial charge in [0.2, 0.25) is 0 Å². The lowest BCUT2D eigenvalue weighted by Gasteiger charge is -2.11. The highest BCUT2D eigenvalue weighted by molar-refractivity contribution is 6.17. The molecule has 0 amide bonds. The molecule has 1 aromatic carbocycles. The summed E-state index contributed by atoms with van der Waals surface area (Å²) in [5.74, 6) is -2.63. The van der Waals surface area contributed by atoms with Crippen molar-refractivity contribution in [1.82, 2.24) is 0 Å². The van der Waals surface area contributed by atoms with Crippen molar-refractivity contribution in [3.8, 4) is 5.75 Å². The standard InChI is InChI=1S/C10H8ClF3O3/c11-4-6-2-8(17-10(13)14)5(1-7(6)12)3-9(15)16/h1-2,10H,3-4H2,(H,15,16). The molecule has 0 bridgehead atoms. The number of hydrogen-bond donors (Lipinski definition) is 1. The lowest BCUT2D eigenvalue weighted by atomic mass is 10.1. The van der Waals surface area contributed by atoms with Crippen LogP contribution in [0.3, 0.4) is 0 Å². The van der Waals surface area contributed by atoms with Gasteiger partial charge in [0.05, 0.1) is 12.3 Å². The van der Waals surface area contributed by atoms with E-state index in [1.54, 1.807) is 0 Å². The smallest absolute Gasteiger partial charge is 0.387 e. The Kier molecular flexibility index (Phi) is 4.62. The number of rotatable bonds is 5. The van der Waals surface area contributed by atoms with Crippen LogP contribution in [0.5, 0.6) is 5.75 Å². The molecule has 1 aromatic rings. The van der Waals surface area contributed by atoms with Gasteiger partial charge in [-0.1, -0.05) is 0 Å². The van der Waals surface area contributed by atoms with Gasteiger partial charge in [-0.2, -0.15) is 8.78 Å². The third kappa shape index (κ3) is 3.81. The lowest BCUT2D eigenvalue weighted by molar-refractivity contribution is -0.136. The first-order chi connectivity index (χ1) is 7.93. The molecule has 17 heavy (non-hydrogen) atoms. The highest BCUT2D eigenvalue weighted by Gasteiger charge is 2.16. The lowest BCUT2D eigenvalue weighted by Crippen LogP contribution is -2.09. The minimum Gasteiger partial charge on any atom is -0.481 e. The van der Waals surface area contributed by atoms with Gasteiger partial charge in [-0.3, -0.25) is 4.79 Å². The van der Waals surface area contributed by atoms with Gasteiger partial charge in [0.15, 0.2) is 0 Å². The SMILES string of the molecule is O=C(O)Cc1cc(F)c(CCl)cc1OC(F)F. The van der Waals surface area contributed by atoms with Crippen LogP contribution in [0.1, 0.15) is 11.1 Å². The highest BCUT2D eigenvalue weighted by atomic mass is 35.5. The second-order valence-corrected chi connectivity index (χ2v) is 3.40. The van der Waals surface area contributed by atoms with E-state index in [0.717, 1.165) is 12.1 Å². The summed E-state index contributed by atoms with van der Waals surface area (Å²) in [4.78, 5) is 10.5. The second-order valence-electron chi connectivity index (χ2n) is 3.13. The van der Waals surface area contributed by atoms with Crippen molar-refractivity contribution in [2.24, 2.45) is 0 Å². The summed E-state index contributed by atoms with van der Waals surface area (Å²) in [6.07, 6.45) is -0.610. The van der Waals surface area contributed by atoms with Crippen molar-refractivity contribution in [1.29, 1.82) is 0 Å². The molecule has 0 unspecified atom stereocenters. The maximum atomic E-state index is 13.3. The fourth-order valence-electron chi connectivity index (χ4n) is 1.25. The highest BCUT2D eigenvalue weighted by Crippen LogP contribution is 2.26. The predicted octanol–water partition coefficient (Wildman–Crippen LogP) is 2.79. The van der Waals surface area contributed by atoms with Gasteiger partial charge < -0.3 is 9.84 Å². The summed E-state index contributed by atoms with van der Waals surface area (Å²) < 4.78 is 41.6. The second kappa shape index (κ2) is 5.77. The predicted molar refractivity (Wildman–Crippen MR) is 53.9 cm³/mol. The molecule has 1 rings (SSSR count). The average molecular weight is 269 g/mol. The van der Waals surface area contributed by atoms with Gasteiger partial charge in [-0.05, 0) is 12.1 Å². The summed E-state index contributed by atoms with van der Waals surface area (Å²) in [5.41, 5.74) is -0.194. The fourth-order valence-corrected chi connectivity index (χ4v) is 1.45. The zero-order valence-corrected chi connectivity index (χ0v) is 9.18. The Morgan fingerprint density at radius 1 is 1.41 bits per heavy atom.